The van der Waals surface area contributed by atoms with Gasteiger partial charge >= 0.3 is 0 Å². The van der Waals surface area contributed by atoms with Crippen LogP contribution in [0.5, 0.6) is 0 Å². The molecule has 5 nitrogen and oxygen atoms in total. The first-order chi connectivity index (χ1) is 9.59. The number of nitrogens with zero attached hydrogens (tertiary/aromatic N) is 3. The molecule has 1 saturated heterocycles. The van der Waals surface area contributed by atoms with Crippen LogP contribution in [-0.2, 0) is 10.0 Å². The molecular weight excluding hydrogens is 274 g/mol. The number of hydrogen-bond acceptors (Lipinski definition) is 4. The zero-order chi connectivity index (χ0) is 14.6. The largest absolute Gasteiger partial charge is 0.357 e. The Morgan fingerprint density at radius 1 is 1.15 bits per heavy atom. The van der Waals surface area contributed by atoms with Gasteiger partial charge in [-0.15, -0.1) is 0 Å². The molecule has 0 aromatic carbocycles. The Morgan fingerprint density at radius 2 is 1.80 bits per heavy atom. The van der Waals surface area contributed by atoms with Crippen LogP contribution < -0.4 is 4.90 Å². The predicted octanol–water partition coefficient (Wildman–Crippen LogP) is 2.10. The van der Waals surface area contributed by atoms with Crippen molar-refractivity contribution < 1.29 is 8.42 Å². The van der Waals surface area contributed by atoms with E-state index in [9.17, 15) is 8.42 Å². The lowest BCUT2D eigenvalue weighted by atomic mass is 10.2. The van der Waals surface area contributed by atoms with Crippen LogP contribution in [0.4, 0.5) is 5.82 Å². The van der Waals surface area contributed by atoms with Crippen molar-refractivity contribution in [3.05, 3.63) is 18.3 Å². The van der Waals surface area contributed by atoms with E-state index in [1.54, 1.807) is 16.4 Å². The highest BCUT2D eigenvalue weighted by molar-refractivity contribution is 7.89. The van der Waals surface area contributed by atoms with Crippen LogP contribution >= 0.6 is 0 Å². The molecule has 0 radical (unpaired) electrons. The van der Waals surface area contributed by atoms with Crippen LogP contribution in [0.15, 0.2) is 23.2 Å². The smallest absolute Gasteiger partial charge is 0.244 e. The topological polar surface area (TPSA) is 53.5 Å². The van der Waals surface area contributed by atoms with E-state index in [0.717, 1.165) is 38.2 Å². The first-order valence-electron chi connectivity index (χ1n) is 7.30. The van der Waals surface area contributed by atoms with Crippen molar-refractivity contribution in [2.24, 2.45) is 0 Å². The fourth-order valence-electron chi connectivity index (χ4n) is 2.51. The Morgan fingerprint density at radius 3 is 2.30 bits per heavy atom. The Hall–Kier alpha value is -1.14. The van der Waals surface area contributed by atoms with Gasteiger partial charge in [-0.3, -0.25) is 0 Å². The van der Waals surface area contributed by atoms with E-state index in [4.69, 9.17) is 0 Å². The number of rotatable bonds is 5. The number of pyridine rings is 1. The van der Waals surface area contributed by atoms with Crippen molar-refractivity contribution in [1.29, 1.82) is 0 Å². The maximum Gasteiger partial charge on any atom is 0.244 e. The third-order valence-corrected chi connectivity index (χ3v) is 5.64. The Labute approximate surface area is 121 Å². The van der Waals surface area contributed by atoms with Crippen molar-refractivity contribution >= 4 is 15.8 Å². The third kappa shape index (κ3) is 3.12. The summed E-state index contributed by atoms with van der Waals surface area (Å²) < 4.78 is 26.5. The second-order valence-electron chi connectivity index (χ2n) is 4.99. The van der Waals surface area contributed by atoms with Gasteiger partial charge in [0.25, 0.3) is 0 Å². The first kappa shape index (κ1) is 15.3. The number of sulfonamides is 1. The van der Waals surface area contributed by atoms with Crippen LogP contribution in [0.2, 0.25) is 0 Å². The molecule has 0 spiro atoms. The van der Waals surface area contributed by atoms with E-state index >= 15 is 0 Å². The highest BCUT2D eigenvalue weighted by Crippen LogP contribution is 2.21. The lowest BCUT2D eigenvalue weighted by Gasteiger charge is -2.26. The van der Waals surface area contributed by atoms with Crippen LogP contribution in [0.25, 0.3) is 0 Å². The molecule has 2 rings (SSSR count). The maximum atomic E-state index is 12.5. The number of aromatic nitrogens is 1. The zero-order valence-corrected chi connectivity index (χ0v) is 13.1. The van der Waals surface area contributed by atoms with Gasteiger partial charge in [-0.2, -0.15) is 4.31 Å². The molecule has 1 aliphatic rings. The summed E-state index contributed by atoms with van der Waals surface area (Å²) in [4.78, 5) is 6.70. The van der Waals surface area contributed by atoms with E-state index in [1.807, 2.05) is 0 Å². The molecule has 0 saturated carbocycles. The summed E-state index contributed by atoms with van der Waals surface area (Å²) >= 11 is 0. The number of hydrogen-bond donors (Lipinski definition) is 0. The Bertz CT molecular complexity index is 518. The number of piperidine rings is 1. The van der Waals surface area contributed by atoms with E-state index in [1.165, 1.54) is 6.20 Å². The molecule has 20 heavy (non-hydrogen) atoms. The lowest BCUT2D eigenvalue weighted by Crippen LogP contribution is -2.35. The molecule has 2 heterocycles. The van der Waals surface area contributed by atoms with Crippen LogP contribution in [0, 0.1) is 0 Å². The summed E-state index contributed by atoms with van der Waals surface area (Å²) in [5.41, 5.74) is 0. The minimum Gasteiger partial charge on any atom is -0.357 e. The minimum atomic E-state index is -3.37. The van der Waals surface area contributed by atoms with Crippen LogP contribution in [-0.4, -0.2) is 43.9 Å². The van der Waals surface area contributed by atoms with Gasteiger partial charge < -0.3 is 4.90 Å². The van der Waals surface area contributed by atoms with Crippen molar-refractivity contribution in [2.75, 3.05) is 31.1 Å². The molecule has 1 aromatic rings. The van der Waals surface area contributed by atoms with E-state index in [0.29, 0.717) is 18.0 Å². The van der Waals surface area contributed by atoms with Gasteiger partial charge in [0.15, 0.2) is 0 Å². The molecule has 6 heteroatoms. The average Bonchev–Trinajstić information content (AvgIpc) is 2.50. The quantitative estimate of drug-likeness (QED) is 0.835. The molecule has 1 aromatic heterocycles. The Balaban J connectivity index is 2.20. The molecule has 1 aliphatic heterocycles. The lowest BCUT2D eigenvalue weighted by molar-refractivity contribution is 0.346. The summed E-state index contributed by atoms with van der Waals surface area (Å²) in [5.74, 6) is 0.826. The highest BCUT2D eigenvalue weighted by atomic mass is 32.2. The predicted molar refractivity (Wildman–Crippen MR) is 80.4 cm³/mol. The summed E-state index contributed by atoms with van der Waals surface area (Å²) in [6.45, 7) is 7.09. The van der Waals surface area contributed by atoms with Gasteiger partial charge in [0.05, 0.1) is 0 Å². The second-order valence-corrected chi connectivity index (χ2v) is 6.93. The summed E-state index contributed by atoms with van der Waals surface area (Å²) in [5, 5.41) is 0. The van der Waals surface area contributed by atoms with Gasteiger partial charge in [0, 0.05) is 32.4 Å². The monoisotopic (exact) mass is 297 g/mol. The Kier molecular flexibility index (Phi) is 4.99. The summed E-state index contributed by atoms with van der Waals surface area (Å²) in [7, 11) is -3.37. The van der Waals surface area contributed by atoms with Crippen molar-refractivity contribution in [3.63, 3.8) is 0 Å². The number of anilines is 1. The van der Waals surface area contributed by atoms with Crippen LogP contribution in [0.3, 0.4) is 0 Å². The average molecular weight is 297 g/mol. The SMILES string of the molecule is CCN(CC)c1ccc(S(=O)(=O)N2CCCCC2)cn1. The third-order valence-electron chi connectivity index (χ3n) is 3.76. The van der Waals surface area contributed by atoms with Crippen molar-refractivity contribution in [1.82, 2.24) is 9.29 Å². The van der Waals surface area contributed by atoms with E-state index in [2.05, 4.69) is 23.7 Å². The molecule has 0 N–H and O–H groups in total. The molecule has 0 aliphatic carbocycles. The molecule has 112 valence electrons. The molecule has 0 bridgehead atoms. The standard InChI is InChI=1S/C14H23N3O2S/c1-3-16(4-2)14-9-8-13(12-15-14)20(18,19)17-10-6-5-7-11-17/h8-9,12H,3-7,10-11H2,1-2H3. The van der Waals surface area contributed by atoms with Crippen molar-refractivity contribution in [2.45, 2.75) is 38.0 Å². The summed E-state index contributed by atoms with van der Waals surface area (Å²) in [6, 6.07) is 3.47. The first-order valence-corrected chi connectivity index (χ1v) is 8.74. The van der Waals surface area contributed by atoms with E-state index in [-0.39, 0.29) is 0 Å². The fourth-order valence-corrected chi connectivity index (χ4v) is 3.98. The normalized spacial score (nSPS) is 17.1. The maximum absolute atomic E-state index is 12.5. The van der Waals surface area contributed by atoms with E-state index < -0.39 is 10.0 Å². The van der Waals surface area contributed by atoms with Gasteiger partial charge in [0.1, 0.15) is 10.7 Å². The van der Waals surface area contributed by atoms with Gasteiger partial charge in [0.2, 0.25) is 10.0 Å². The second kappa shape index (κ2) is 6.54. The highest BCUT2D eigenvalue weighted by Gasteiger charge is 2.26. The van der Waals surface area contributed by atoms with Crippen LogP contribution in [0.1, 0.15) is 33.1 Å². The molecule has 1 fully saturated rings. The van der Waals surface area contributed by atoms with Gasteiger partial charge in [-0.1, -0.05) is 6.42 Å². The van der Waals surface area contributed by atoms with Gasteiger partial charge in [-0.05, 0) is 38.8 Å². The van der Waals surface area contributed by atoms with Gasteiger partial charge in [-0.25, -0.2) is 13.4 Å². The molecule has 0 unspecified atom stereocenters. The fraction of sp³-hybridized carbons (Fsp3) is 0.643. The van der Waals surface area contributed by atoms with Crippen molar-refractivity contribution in [3.8, 4) is 0 Å². The molecule has 0 atom stereocenters. The molecular formula is C14H23N3O2S. The zero-order valence-electron chi connectivity index (χ0n) is 12.2. The minimum absolute atomic E-state index is 0.301. The summed E-state index contributed by atoms with van der Waals surface area (Å²) in [6.07, 6.45) is 4.50. The molecule has 0 amide bonds.